The van der Waals surface area contributed by atoms with Crippen LogP contribution in [0.1, 0.15) is 36.4 Å². The molecule has 34 heavy (non-hydrogen) atoms. The zero-order chi connectivity index (χ0) is 24.1. The summed E-state index contributed by atoms with van der Waals surface area (Å²) in [4.78, 5) is 39.9. The molecule has 1 aliphatic rings. The van der Waals surface area contributed by atoms with Crippen LogP contribution in [-0.2, 0) is 16.1 Å². The van der Waals surface area contributed by atoms with Crippen LogP contribution in [0.25, 0.3) is 0 Å². The minimum Gasteiger partial charge on any atom is -0.491 e. The van der Waals surface area contributed by atoms with E-state index in [0.717, 1.165) is 5.75 Å². The first kappa shape index (κ1) is 23.1. The molecule has 0 saturated carbocycles. The van der Waals surface area contributed by atoms with Gasteiger partial charge in [0.15, 0.2) is 0 Å². The molecule has 176 valence electrons. The summed E-state index contributed by atoms with van der Waals surface area (Å²) >= 11 is 0. The van der Waals surface area contributed by atoms with Gasteiger partial charge in [0.1, 0.15) is 11.5 Å². The highest BCUT2D eigenvalue weighted by Crippen LogP contribution is 2.28. The monoisotopic (exact) mass is 461 g/mol. The summed E-state index contributed by atoms with van der Waals surface area (Å²) in [5, 5.41) is 5.61. The lowest BCUT2D eigenvalue weighted by molar-refractivity contribution is -0.122. The molecule has 1 fully saturated rings. The molecule has 2 heterocycles. The lowest BCUT2D eigenvalue weighted by Crippen LogP contribution is -2.29. The molecule has 8 nitrogen and oxygen atoms in total. The van der Waals surface area contributed by atoms with Gasteiger partial charge in [0.25, 0.3) is 5.91 Å². The Hall–Kier alpha value is -4.07. The van der Waals surface area contributed by atoms with Gasteiger partial charge in [0.2, 0.25) is 11.8 Å². The van der Waals surface area contributed by atoms with E-state index in [9.17, 15) is 14.4 Å². The largest absolute Gasteiger partial charge is 0.491 e. The number of amides is 3. The molecule has 4 rings (SSSR count). The highest BCUT2D eigenvalue weighted by molar-refractivity contribution is 6.07. The number of furan rings is 1. The third-order valence-electron chi connectivity index (χ3n) is 5.45. The van der Waals surface area contributed by atoms with Crippen LogP contribution in [0, 0.1) is 5.92 Å². The fourth-order valence-electron chi connectivity index (χ4n) is 3.81. The number of para-hydroxylation sites is 1. The number of benzene rings is 2. The number of rotatable bonds is 8. The molecule has 0 aliphatic carbocycles. The molecule has 1 aromatic heterocycles. The fraction of sp³-hybridized carbons (Fsp3) is 0.269. The van der Waals surface area contributed by atoms with Crippen molar-refractivity contribution in [2.24, 2.45) is 5.92 Å². The lowest BCUT2D eigenvalue weighted by Gasteiger charge is -2.18. The maximum Gasteiger partial charge on any atom is 0.253 e. The molecule has 0 unspecified atom stereocenters. The maximum absolute atomic E-state index is 13.0. The number of ether oxygens (including phenoxy) is 1. The number of nitrogens with zero attached hydrogens (tertiary/aromatic N) is 1. The van der Waals surface area contributed by atoms with Gasteiger partial charge in [-0.15, -0.1) is 0 Å². The van der Waals surface area contributed by atoms with E-state index in [1.165, 1.54) is 6.26 Å². The van der Waals surface area contributed by atoms with Crippen LogP contribution in [-0.4, -0.2) is 30.4 Å². The first-order chi connectivity index (χ1) is 16.4. The van der Waals surface area contributed by atoms with Gasteiger partial charge in [-0.3, -0.25) is 14.4 Å². The number of carbonyl (C=O) groups is 3. The van der Waals surface area contributed by atoms with Crippen molar-refractivity contribution in [2.75, 3.05) is 16.8 Å². The minimum absolute atomic E-state index is 0.0578. The number of carbonyl (C=O) groups excluding carboxylic acids is 3. The number of anilines is 2. The first-order valence-electron chi connectivity index (χ1n) is 11.2. The third kappa shape index (κ3) is 5.46. The second-order valence-corrected chi connectivity index (χ2v) is 8.36. The normalized spacial score (nSPS) is 15.4. The van der Waals surface area contributed by atoms with Gasteiger partial charge in [-0.05, 0) is 62.4 Å². The predicted molar refractivity (Wildman–Crippen MR) is 128 cm³/mol. The van der Waals surface area contributed by atoms with Crippen LogP contribution in [0.4, 0.5) is 11.4 Å². The minimum atomic E-state index is -0.529. The van der Waals surface area contributed by atoms with Crippen LogP contribution in [0.3, 0.4) is 0 Å². The van der Waals surface area contributed by atoms with E-state index in [2.05, 4.69) is 10.6 Å². The van der Waals surface area contributed by atoms with Gasteiger partial charge in [-0.2, -0.15) is 0 Å². The van der Waals surface area contributed by atoms with Crippen molar-refractivity contribution >= 4 is 29.1 Å². The Bertz CT molecular complexity index is 1160. The summed E-state index contributed by atoms with van der Waals surface area (Å²) in [6.45, 7) is 4.40. The van der Waals surface area contributed by atoms with E-state index >= 15 is 0 Å². The van der Waals surface area contributed by atoms with Gasteiger partial charge in [-0.1, -0.05) is 12.1 Å². The van der Waals surface area contributed by atoms with E-state index in [4.69, 9.17) is 9.15 Å². The first-order valence-corrected chi connectivity index (χ1v) is 11.2. The van der Waals surface area contributed by atoms with Crippen LogP contribution in [0.5, 0.6) is 5.75 Å². The molecule has 8 heteroatoms. The van der Waals surface area contributed by atoms with Crippen LogP contribution in [0.2, 0.25) is 0 Å². The van der Waals surface area contributed by atoms with E-state index < -0.39 is 5.92 Å². The third-order valence-corrected chi connectivity index (χ3v) is 5.45. The maximum atomic E-state index is 13.0. The van der Waals surface area contributed by atoms with Crippen LogP contribution >= 0.6 is 0 Å². The molecule has 0 radical (unpaired) electrons. The summed E-state index contributed by atoms with van der Waals surface area (Å²) in [5.74, 6) is 0.0624. The molecule has 2 aromatic carbocycles. The highest BCUT2D eigenvalue weighted by atomic mass is 16.5. The van der Waals surface area contributed by atoms with Crippen molar-refractivity contribution in [3.63, 3.8) is 0 Å². The zero-order valence-electron chi connectivity index (χ0n) is 19.1. The summed E-state index contributed by atoms with van der Waals surface area (Å²) in [5.41, 5.74) is 1.45. The van der Waals surface area contributed by atoms with Crippen LogP contribution in [0.15, 0.2) is 71.3 Å². The van der Waals surface area contributed by atoms with E-state index in [0.29, 0.717) is 22.7 Å². The van der Waals surface area contributed by atoms with Gasteiger partial charge >= 0.3 is 0 Å². The van der Waals surface area contributed by atoms with Gasteiger partial charge < -0.3 is 24.7 Å². The molecule has 0 spiro atoms. The Morgan fingerprint density at radius 2 is 1.85 bits per heavy atom. The molecule has 1 saturated heterocycles. The second kappa shape index (κ2) is 10.2. The highest BCUT2D eigenvalue weighted by Gasteiger charge is 2.35. The van der Waals surface area contributed by atoms with E-state index in [1.54, 1.807) is 41.3 Å². The molecular formula is C26H27N3O5. The molecule has 1 aliphatic heterocycles. The van der Waals surface area contributed by atoms with Crippen molar-refractivity contribution in [1.82, 2.24) is 5.32 Å². The van der Waals surface area contributed by atoms with Gasteiger partial charge in [-0.25, -0.2) is 0 Å². The standard InChI is InChI=1S/C26H27N3O5/c1-17(2)34-20-11-9-19(10-12-20)29-16-18(14-24(29)30)25(31)28-23-8-4-3-7-22(23)26(32)27-15-21-6-5-13-33-21/h3-13,17-18H,14-16H2,1-2H3,(H,27,32)(H,28,31)/t18-/m0/s1. The van der Waals surface area contributed by atoms with E-state index in [-0.39, 0.29) is 43.3 Å². The Morgan fingerprint density at radius 3 is 2.56 bits per heavy atom. The lowest BCUT2D eigenvalue weighted by atomic mass is 10.1. The quantitative estimate of drug-likeness (QED) is 0.528. The smallest absolute Gasteiger partial charge is 0.253 e. The Morgan fingerprint density at radius 1 is 1.09 bits per heavy atom. The Kier molecular flexibility index (Phi) is 6.96. The van der Waals surface area contributed by atoms with Gasteiger partial charge in [0, 0.05) is 18.7 Å². The average molecular weight is 462 g/mol. The number of hydrogen-bond donors (Lipinski definition) is 2. The van der Waals surface area contributed by atoms with E-state index in [1.807, 2.05) is 38.1 Å². The summed E-state index contributed by atoms with van der Waals surface area (Å²) in [7, 11) is 0. The summed E-state index contributed by atoms with van der Waals surface area (Å²) in [6.07, 6.45) is 1.70. The zero-order valence-corrected chi connectivity index (χ0v) is 19.1. The summed E-state index contributed by atoms with van der Waals surface area (Å²) in [6, 6.07) is 17.5. The topological polar surface area (TPSA) is 101 Å². The van der Waals surface area contributed by atoms with Crippen molar-refractivity contribution in [3.8, 4) is 5.75 Å². The van der Waals surface area contributed by atoms with Crippen molar-refractivity contribution < 1.29 is 23.5 Å². The van der Waals surface area contributed by atoms with Crippen molar-refractivity contribution in [1.29, 1.82) is 0 Å². The Balaban J connectivity index is 1.39. The summed E-state index contributed by atoms with van der Waals surface area (Å²) < 4.78 is 10.9. The fourth-order valence-corrected chi connectivity index (χ4v) is 3.81. The molecule has 0 bridgehead atoms. The van der Waals surface area contributed by atoms with Gasteiger partial charge in [0.05, 0.1) is 36.1 Å². The molecule has 2 N–H and O–H groups in total. The molecule has 3 amide bonds. The number of nitrogens with one attached hydrogen (secondary N) is 2. The second-order valence-electron chi connectivity index (χ2n) is 8.36. The predicted octanol–water partition coefficient (Wildman–Crippen LogP) is 3.99. The Labute approximate surface area is 197 Å². The molecule has 1 atom stereocenters. The van der Waals surface area contributed by atoms with Crippen LogP contribution < -0.4 is 20.3 Å². The molecular weight excluding hydrogens is 434 g/mol. The molecule has 3 aromatic rings. The number of hydrogen-bond acceptors (Lipinski definition) is 5. The van der Waals surface area contributed by atoms with Crippen molar-refractivity contribution in [2.45, 2.75) is 32.9 Å². The van der Waals surface area contributed by atoms with Crippen molar-refractivity contribution in [3.05, 3.63) is 78.3 Å². The SMILES string of the molecule is CC(C)Oc1ccc(N2C[C@@H](C(=O)Nc3ccccc3C(=O)NCc3ccco3)CC2=O)cc1. The average Bonchev–Trinajstić information content (AvgIpc) is 3.48.